The molecule has 2 aromatic rings. The van der Waals surface area contributed by atoms with Crippen molar-refractivity contribution in [2.45, 2.75) is 18.3 Å². The van der Waals surface area contributed by atoms with E-state index in [0.717, 1.165) is 18.5 Å². The van der Waals surface area contributed by atoms with Gasteiger partial charge in [0, 0.05) is 17.5 Å². The van der Waals surface area contributed by atoms with Crippen molar-refractivity contribution in [3.05, 3.63) is 83.6 Å². The Kier molecular flexibility index (Phi) is 2.67. The van der Waals surface area contributed by atoms with E-state index in [9.17, 15) is 0 Å². The summed E-state index contributed by atoms with van der Waals surface area (Å²) in [5.41, 5.74) is 9.79. The van der Waals surface area contributed by atoms with Gasteiger partial charge in [-0.15, -0.1) is 0 Å². The number of rotatable bonds is 2. The molecule has 2 aromatic carbocycles. The van der Waals surface area contributed by atoms with Crippen molar-refractivity contribution in [3.8, 4) is 0 Å². The highest BCUT2D eigenvalue weighted by Gasteiger charge is 2.37. The first-order valence-corrected chi connectivity index (χ1v) is 6.37. The van der Waals surface area contributed by atoms with Gasteiger partial charge in [0.15, 0.2) is 0 Å². The molecule has 0 saturated carbocycles. The molecule has 0 heterocycles. The molecule has 18 heavy (non-hydrogen) atoms. The lowest BCUT2D eigenvalue weighted by Crippen LogP contribution is -2.25. The molecule has 0 amide bonds. The maximum atomic E-state index is 6.05. The Hall–Kier alpha value is -2.02. The number of hydrogen-bond acceptors (Lipinski definition) is 1. The topological polar surface area (TPSA) is 26.0 Å². The Bertz CT molecular complexity index is 515. The van der Waals surface area contributed by atoms with Crippen LogP contribution in [0.15, 0.2) is 72.4 Å². The number of allylic oxidation sites excluding steroid dienone is 2. The van der Waals surface area contributed by atoms with Crippen molar-refractivity contribution in [2.24, 2.45) is 5.73 Å². The van der Waals surface area contributed by atoms with Crippen LogP contribution >= 0.6 is 0 Å². The third-order valence-corrected chi connectivity index (χ3v) is 3.87. The Morgan fingerprint density at radius 1 is 0.778 bits per heavy atom. The summed E-state index contributed by atoms with van der Waals surface area (Å²) < 4.78 is 0. The summed E-state index contributed by atoms with van der Waals surface area (Å²) in [7, 11) is 0. The smallest absolute Gasteiger partial charge is 0.0292 e. The Labute approximate surface area is 108 Å². The third kappa shape index (κ3) is 1.72. The molecule has 0 atom stereocenters. The molecule has 1 aliphatic rings. The molecule has 90 valence electrons. The maximum Gasteiger partial charge on any atom is 0.0292 e. The highest BCUT2D eigenvalue weighted by molar-refractivity contribution is 5.44. The summed E-state index contributed by atoms with van der Waals surface area (Å²) >= 11 is 0. The average Bonchev–Trinajstić information content (AvgIpc) is 2.84. The van der Waals surface area contributed by atoms with Crippen molar-refractivity contribution in [3.63, 3.8) is 0 Å². The van der Waals surface area contributed by atoms with Crippen molar-refractivity contribution >= 4 is 0 Å². The summed E-state index contributed by atoms with van der Waals surface area (Å²) in [6.07, 6.45) is 4.08. The molecule has 0 saturated heterocycles. The van der Waals surface area contributed by atoms with E-state index >= 15 is 0 Å². The van der Waals surface area contributed by atoms with Crippen LogP contribution in [0.3, 0.4) is 0 Å². The second-order valence-corrected chi connectivity index (χ2v) is 4.97. The predicted octanol–water partition coefficient (Wildman–Crippen LogP) is 3.61. The van der Waals surface area contributed by atoms with Gasteiger partial charge in [-0.3, -0.25) is 0 Å². The second kappa shape index (κ2) is 4.34. The predicted molar refractivity (Wildman–Crippen MR) is 75.2 cm³/mol. The summed E-state index contributed by atoms with van der Waals surface area (Å²) in [5, 5.41) is 0. The molecule has 0 aromatic heterocycles. The van der Waals surface area contributed by atoms with Crippen LogP contribution in [-0.2, 0) is 5.41 Å². The number of benzene rings is 2. The fourth-order valence-electron chi connectivity index (χ4n) is 2.92. The molecule has 0 radical (unpaired) electrons. The lowest BCUT2D eigenvalue weighted by molar-refractivity contribution is 0.548. The van der Waals surface area contributed by atoms with E-state index in [0.29, 0.717) is 0 Å². The van der Waals surface area contributed by atoms with Gasteiger partial charge >= 0.3 is 0 Å². The van der Waals surface area contributed by atoms with Crippen molar-refractivity contribution < 1.29 is 0 Å². The summed E-state index contributed by atoms with van der Waals surface area (Å²) in [5.74, 6) is 0. The van der Waals surface area contributed by atoms with Gasteiger partial charge in [0.05, 0.1) is 0 Å². The average molecular weight is 235 g/mol. The maximum absolute atomic E-state index is 6.05. The first-order valence-electron chi connectivity index (χ1n) is 6.37. The molecule has 0 aliphatic heterocycles. The van der Waals surface area contributed by atoms with Crippen LogP contribution < -0.4 is 5.73 Å². The molecular formula is C17H17N. The minimum atomic E-state index is 0.0343. The van der Waals surface area contributed by atoms with E-state index < -0.39 is 0 Å². The molecule has 0 spiro atoms. The largest absolute Gasteiger partial charge is 0.402 e. The van der Waals surface area contributed by atoms with E-state index in [-0.39, 0.29) is 5.41 Å². The molecule has 3 rings (SSSR count). The van der Waals surface area contributed by atoms with Gasteiger partial charge in [0.2, 0.25) is 0 Å². The van der Waals surface area contributed by atoms with Crippen LogP contribution in [0.25, 0.3) is 0 Å². The normalized spacial score (nSPS) is 17.4. The third-order valence-electron chi connectivity index (χ3n) is 3.87. The first kappa shape index (κ1) is 11.1. The van der Waals surface area contributed by atoms with Crippen LogP contribution in [0.2, 0.25) is 0 Å². The zero-order valence-corrected chi connectivity index (χ0v) is 10.3. The zero-order chi connectivity index (χ0) is 12.4. The van der Waals surface area contributed by atoms with Crippen LogP contribution in [0.4, 0.5) is 0 Å². The van der Waals surface area contributed by atoms with Gasteiger partial charge in [-0.25, -0.2) is 0 Å². The lowest BCUT2D eigenvalue weighted by atomic mass is 9.72. The van der Waals surface area contributed by atoms with Crippen molar-refractivity contribution in [1.82, 2.24) is 0 Å². The van der Waals surface area contributed by atoms with E-state index in [1.807, 2.05) is 0 Å². The lowest BCUT2D eigenvalue weighted by Gasteiger charge is -2.30. The molecule has 1 heteroatoms. The zero-order valence-electron chi connectivity index (χ0n) is 10.3. The van der Waals surface area contributed by atoms with Gasteiger partial charge in [0.1, 0.15) is 0 Å². The van der Waals surface area contributed by atoms with Crippen LogP contribution in [0.1, 0.15) is 24.0 Å². The highest BCUT2D eigenvalue weighted by Crippen LogP contribution is 2.44. The molecule has 2 N–H and O–H groups in total. The standard InChI is InChI=1S/C17H17N/c18-16-11-12-17(13-16,14-7-3-1-4-8-14)15-9-5-2-6-10-15/h1-11H,12-13,18H2. The Morgan fingerprint density at radius 2 is 1.28 bits per heavy atom. The van der Waals surface area contributed by atoms with Gasteiger partial charge in [0.25, 0.3) is 0 Å². The number of hydrogen-bond donors (Lipinski definition) is 1. The molecule has 0 fully saturated rings. The van der Waals surface area contributed by atoms with Crippen LogP contribution in [0.5, 0.6) is 0 Å². The van der Waals surface area contributed by atoms with Gasteiger partial charge in [-0.05, 0) is 17.5 Å². The Morgan fingerprint density at radius 3 is 1.67 bits per heavy atom. The monoisotopic (exact) mass is 235 g/mol. The number of nitrogens with two attached hydrogens (primary N) is 1. The van der Waals surface area contributed by atoms with Crippen molar-refractivity contribution in [2.75, 3.05) is 0 Å². The first-order chi connectivity index (χ1) is 8.81. The Balaban J connectivity index is 2.12. The van der Waals surface area contributed by atoms with Gasteiger partial charge in [-0.1, -0.05) is 66.7 Å². The molecule has 0 bridgehead atoms. The SMILES string of the molecule is NC1=CCC(c2ccccc2)(c2ccccc2)C1. The second-order valence-electron chi connectivity index (χ2n) is 4.97. The molecule has 1 aliphatic carbocycles. The fraction of sp³-hybridized carbons (Fsp3) is 0.176. The van der Waals surface area contributed by atoms with Gasteiger partial charge in [-0.2, -0.15) is 0 Å². The highest BCUT2D eigenvalue weighted by atomic mass is 14.6. The summed E-state index contributed by atoms with van der Waals surface area (Å²) in [6, 6.07) is 21.4. The summed E-state index contributed by atoms with van der Waals surface area (Å²) in [4.78, 5) is 0. The quantitative estimate of drug-likeness (QED) is 0.845. The summed E-state index contributed by atoms with van der Waals surface area (Å²) in [6.45, 7) is 0. The van der Waals surface area contributed by atoms with Crippen LogP contribution in [0, 0.1) is 0 Å². The molecular weight excluding hydrogens is 218 g/mol. The van der Waals surface area contributed by atoms with E-state index in [1.54, 1.807) is 0 Å². The minimum absolute atomic E-state index is 0.0343. The van der Waals surface area contributed by atoms with E-state index in [4.69, 9.17) is 5.73 Å². The van der Waals surface area contributed by atoms with Crippen molar-refractivity contribution in [1.29, 1.82) is 0 Å². The molecule has 0 unspecified atom stereocenters. The van der Waals surface area contributed by atoms with Gasteiger partial charge < -0.3 is 5.73 Å². The molecule has 1 nitrogen and oxygen atoms in total. The van der Waals surface area contributed by atoms with Crippen LogP contribution in [-0.4, -0.2) is 0 Å². The minimum Gasteiger partial charge on any atom is -0.402 e. The van der Waals surface area contributed by atoms with E-state index in [1.165, 1.54) is 11.1 Å². The van der Waals surface area contributed by atoms with E-state index in [2.05, 4.69) is 66.7 Å². The fourth-order valence-corrected chi connectivity index (χ4v) is 2.92.